The molecular formula is C12H26N4O. The fourth-order valence-electron chi connectivity index (χ4n) is 2.13. The molecule has 0 spiro atoms. The van der Waals surface area contributed by atoms with Crippen molar-refractivity contribution in [1.29, 1.82) is 0 Å². The molecule has 1 aliphatic heterocycles. The first-order chi connectivity index (χ1) is 7.90. The standard InChI is InChI=1S/C12H26N4O/c1-9(2)6-14-12(13)16-8-11(17)5-10(16)7-15(3)4/h9-11,17H,5-8H2,1-4H3,(H2,13,14). The molecule has 0 radical (unpaired) electrons. The van der Waals surface area contributed by atoms with Crippen LogP contribution in [0.5, 0.6) is 0 Å². The van der Waals surface area contributed by atoms with Crippen LogP contribution in [0.1, 0.15) is 20.3 Å². The lowest BCUT2D eigenvalue weighted by atomic mass is 10.2. The first-order valence-corrected chi connectivity index (χ1v) is 6.29. The number of aliphatic hydroxyl groups excluding tert-OH is 1. The minimum Gasteiger partial charge on any atom is -0.391 e. The van der Waals surface area contributed by atoms with Gasteiger partial charge in [0.2, 0.25) is 0 Å². The van der Waals surface area contributed by atoms with E-state index in [0.29, 0.717) is 18.4 Å². The monoisotopic (exact) mass is 242 g/mol. The van der Waals surface area contributed by atoms with Crippen molar-refractivity contribution in [2.45, 2.75) is 32.4 Å². The molecule has 0 aromatic rings. The molecule has 0 aromatic heterocycles. The van der Waals surface area contributed by atoms with Crippen molar-refractivity contribution in [2.75, 3.05) is 33.7 Å². The summed E-state index contributed by atoms with van der Waals surface area (Å²) in [4.78, 5) is 8.54. The molecule has 17 heavy (non-hydrogen) atoms. The van der Waals surface area contributed by atoms with Crippen LogP contribution in [0.2, 0.25) is 0 Å². The summed E-state index contributed by atoms with van der Waals surface area (Å²) in [7, 11) is 4.06. The Morgan fingerprint density at radius 2 is 2.18 bits per heavy atom. The predicted octanol–water partition coefficient (Wildman–Crippen LogP) is -0.0461. The van der Waals surface area contributed by atoms with E-state index in [2.05, 4.69) is 23.7 Å². The van der Waals surface area contributed by atoms with Gasteiger partial charge in [-0.3, -0.25) is 4.99 Å². The summed E-state index contributed by atoms with van der Waals surface area (Å²) in [6.45, 7) is 6.48. The maximum absolute atomic E-state index is 9.74. The molecule has 1 fully saturated rings. The Kier molecular flexibility index (Phi) is 5.21. The number of hydrogen-bond acceptors (Lipinski definition) is 3. The lowest BCUT2D eigenvalue weighted by Crippen LogP contribution is -2.45. The van der Waals surface area contributed by atoms with Crippen LogP contribution < -0.4 is 5.73 Å². The van der Waals surface area contributed by atoms with Gasteiger partial charge < -0.3 is 20.6 Å². The van der Waals surface area contributed by atoms with Crippen molar-refractivity contribution in [3.05, 3.63) is 0 Å². The van der Waals surface area contributed by atoms with Crippen LogP contribution in [0, 0.1) is 5.92 Å². The van der Waals surface area contributed by atoms with Gasteiger partial charge in [0.25, 0.3) is 0 Å². The molecule has 2 unspecified atom stereocenters. The van der Waals surface area contributed by atoms with E-state index in [1.54, 1.807) is 0 Å². The van der Waals surface area contributed by atoms with E-state index < -0.39 is 0 Å². The number of nitrogens with zero attached hydrogens (tertiary/aromatic N) is 3. The summed E-state index contributed by atoms with van der Waals surface area (Å²) in [5.41, 5.74) is 6.00. The fraction of sp³-hybridized carbons (Fsp3) is 0.917. The van der Waals surface area contributed by atoms with E-state index >= 15 is 0 Å². The molecule has 5 nitrogen and oxygen atoms in total. The number of hydrogen-bond donors (Lipinski definition) is 2. The van der Waals surface area contributed by atoms with Crippen molar-refractivity contribution in [2.24, 2.45) is 16.6 Å². The highest BCUT2D eigenvalue weighted by Gasteiger charge is 2.32. The minimum atomic E-state index is -0.284. The minimum absolute atomic E-state index is 0.274. The molecule has 1 aliphatic rings. The Morgan fingerprint density at radius 3 is 2.71 bits per heavy atom. The zero-order valence-corrected chi connectivity index (χ0v) is 11.4. The first-order valence-electron chi connectivity index (χ1n) is 6.29. The second-order valence-corrected chi connectivity index (χ2v) is 5.55. The van der Waals surface area contributed by atoms with E-state index in [4.69, 9.17) is 5.73 Å². The molecule has 3 N–H and O–H groups in total. The fourth-order valence-corrected chi connectivity index (χ4v) is 2.13. The average molecular weight is 242 g/mol. The van der Waals surface area contributed by atoms with E-state index in [0.717, 1.165) is 19.5 Å². The molecule has 1 heterocycles. The number of guanidine groups is 1. The van der Waals surface area contributed by atoms with E-state index in [9.17, 15) is 5.11 Å². The van der Waals surface area contributed by atoms with E-state index in [1.165, 1.54) is 0 Å². The number of β-amino-alcohol motifs (C(OH)–C–C–N with tert-alkyl or cyclic N) is 1. The highest BCUT2D eigenvalue weighted by molar-refractivity contribution is 5.78. The third-order valence-electron chi connectivity index (χ3n) is 2.88. The zero-order valence-electron chi connectivity index (χ0n) is 11.4. The van der Waals surface area contributed by atoms with Crippen molar-refractivity contribution in [1.82, 2.24) is 9.80 Å². The van der Waals surface area contributed by atoms with Gasteiger partial charge in [-0.15, -0.1) is 0 Å². The number of rotatable bonds is 4. The van der Waals surface area contributed by atoms with E-state index in [-0.39, 0.29) is 12.1 Å². The zero-order chi connectivity index (χ0) is 13.0. The molecular weight excluding hydrogens is 216 g/mol. The third-order valence-corrected chi connectivity index (χ3v) is 2.88. The van der Waals surface area contributed by atoms with Crippen LogP contribution in [0.3, 0.4) is 0 Å². The first kappa shape index (κ1) is 14.3. The highest BCUT2D eigenvalue weighted by Crippen LogP contribution is 2.18. The molecule has 0 aromatic carbocycles. The van der Waals surface area contributed by atoms with Crippen LogP contribution >= 0.6 is 0 Å². The second kappa shape index (κ2) is 6.21. The highest BCUT2D eigenvalue weighted by atomic mass is 16.3. The summed E-state index contributed by atoms with van der Waals surface area (Å²) in [6, 6.07) is 0.274. The van der Waals surface area contributed by atoms with Gasteiger partial charge in [0, 0.05) is 25.7 Å². The van der Waals surface area contributed by atoms with Crippen molar-refractivity contribution < 1.29 is 5.11 Å². The van der Waals surface area contributed by atoms with Crippen LogP contribution in [0.15, 0.2) is 4.99 Å². The summed E-state index contributed by atoms with van der Waals surface area (Å²) < 4.78 is 0. The molecule has 1 saturated heterocycles. The topological polar surface area (TPSA) is 65.1 Å². The van der Waals surface area contributed by atoms with Crippen molar-refractivity contribution in [3.8, 4) is 0 Å². The van der Waals surface area contributed by atoms with E-state index in [1.807, 2.05) is 19.0 Å². The number of aliphatic hydroxyl groups is 1. The Labute approximate surface area is 104 Å². The molecule has 1 rings (SSSR count). The van der Waals surface area contributed by atoms with Gasteiger partial charge in [0.05, 0.1) is 6.10 Å². The van der Waals surface area contributed by atoms with Gasteiger partial charge in [-0.1, -0.05) is 13.8 Å². The smallest absolute Gasteiger partial charge is 0.191 e. The summed E-state index contributed by atoms with van der Waals surface area (Å²) in [6.07, 6.45) is 0.489. The third kappa shape index (κ3) is 4.52. The van der Waals surface area contributed by atoms with Gasteiger partial charge in [0.15, 0.2) is 5.96 Å². The number of aliphatic imine (C=N–C) groups is 1. The molecule has 0 amide bonds. The molecule has 0 saturated carbocycles. The van der Waals surface area contributed by atoms with Gasteiger partial charge in [-0.25, -0.2) is 0 Å². The summed E-state index contributed by atoms with van der Waals surface area (Å²) >= 11 is 0. The predicted molar refractivity (Wildman–Crippen MR) is 71.0 cm³/mol. The molecule has 2 atom stereocenters. The Bertz CT molecular complexity index is 265. The molecule has 0 bridgehead atoms. The summed E-state index contributed by atoms with van der Waals surface area (Å²) in [5, 5.41) is 9.74. The molecule has 0 aliphatic carbocycles. The molecule has 5 heteroatoms. The maximum Gasteiger partial charge on any atom is 0.191 e. The number of likely N-dealkylation sites (tertiary alicyclic amines) is 1. The normalized spacial score (nSPS) is 26.3. The maximum atomic E-state index is 9.74. The lowest BCUT2D eigenvalue weighted by Gasteiger charge is -2.27. The van der Waals surface area contributed by atoms with Crippen molar-refractivity contribution >= 4 is 5.96 Å². The average Bonchev–Trinajstić information content (AvgIpc) is 2.54. The van der Waals surface area contributed by atoms with Crippen LogP contribution in [-0.4, -0.2) is 66.7 Å². The second-order valence-electron chi connectivity index (χ2n) is 5.55. The lowest BCUT2D eigenvalue weighted by molar-refractivity contribution is 0.187. The molecule has 100 valence electrons. The van der Waals surface area contributed by atoms with Gasteiger partial charge in [-0.2, -0.15) is 0 Å². The summed E-state index contributed by atoms with van der Waals surface area (Å²) in [5.74, 6) is 1.08. The van der Waals surface area contributed by atoms with Gasteiger partial charge in [-0.05, 0) is 26.4 Å². The van der Waals surface area contributed by atoms with Crippen LogP contribution in [0.4, 0.5) is 0 Å². The van der Waals surface area contributed by atoms with Crippen LogP contribution in [0.25, 0.3) is 0 Å². The Morgan fingerprint density at radius 1 is 1.53 bits per heavy atom. The van der Waals surface area contributed by atoms with Gasteiger partial charge >= 0.3 is 0 Å². The van der Waals surface area contributed by atoms with Crippen LogP contribution in [-0.2, 0) is 0 Å². The Balaban J connectivity index is 2.62. The van der Waals surface area contributed by atoms with Crippen molar-refractivity contribution in [3.63, 3.8) is 0 Å². The quantitative estimate of drug-likeness (QED) is 0.536. The SMILES string of the molecule is CC(C)CN=C(N)N1CC(O)CC1CN(C)C. The number of nitrogens with two attached hydrogens (primary N) is 1. The largest absolute Gasteiger partial charge is 0.391 e. The Hall–Kier alpha value is -0.810. The number of likely N-dealkylation sites (N-methyl/N-ethyl adjacent to an activating group) is 1. The van der Waals surface area contributed by atoms with Gasteiger partial charge in [0.1, 0.15) is 0 Å².